The molecule has 186 valence electrons. The molecule has 3 aromatic carbocycles. The summed E-state index contributed by atoms with van der Waals surface area (Å²) in [7, 11) is 1.83. The van der Waals surface area contributed by atoms with Crippen LogP contribution in [0.1, 0.15) is 23.1 Å². The fraction of sp³-hybridized carbons (Fsp3) is 0.143. The highest BCUT2D eigenvalue weighted by Gasteiger charge is 2.24. The number of hydrogen-bond acceptors (Lipinski definition) is 5. The van der Waals surface area contributed by atoms with Gasteiger partial charge in [0.25, 0.3) is 11.1 Å². The molecule has 9 heteroatoms. The van der Waals surface area contributed by atoms with Gasteiger partial charge < -0.3 is 5.32 Å². The van der Waals surface area contributed by atoms with Crippen molar-refractivity contribution in [2.45, 2.75) is 20.0 Å². The maximum absolute atomic E-state index is 13.6. The molecule has 2 aromatic heterocycles. The molecule has 0 saturated heterocycles. The van der Waals surface area contributed by atoms with Gasteiger partial charge in [-0.3, -0.25) is 19.4 Å². The predicted octanol–water partition coefficient (Wildman–Crippen LogP) is 5.36. The van der Waals surface area contributed by atoms with Crippen LogP contribution in [0.3, 0.4) is 0 Å². The summed E-state index contributed by atoms with van der Waals surface area (Å²) in [4.78, 5) is 27.1. The standard InChI is InChI=1S/C28H27N7O2/c1-19-24(31-30-22-15-9-5-10-16-22)27(36)34(32-19)26(21-13-7-4-8-14-21)29-25-20(2)33(3)35(28(25)37)23-17-11-6-12-18-23/h4-18,26,29,32H,1-3H3. The molecule has 5 rings (SSSR count). The van der Waals surface area contributed by atoms with Gasteiger partial charge in [0.05, 0.1) is 22.8 Å². The highest BCUT2D eigenvalue weighted by Crippen LogP contribution is 2.24. The van der Waals surface area contributed by atoms with Crippen molar-refractivity contribution in [3.05, 3.63) is 129 Å². The van der Waals surface area contributed by atoms with Crippen molar-refractivity contribution < 1.29 is 0 Å². The van der Waals surface area contributed by atoms with E-state index in [4.69, 9.17) is 0 Å². The number of nitrogens with zero attached hydrogens (tertiary/aromatic N) is 5. The molecule has 37 heavy (non-hydrogen) atoms. The van der Waals surface area contributed by atoms with Gasteiger partial charge in [-0.15, -0.1) is 5.11 Å². The lowest BCUT2D eigenvalue weighted by atomic mass is 10.1. The number of aryl methyl sites for hydroxylation is 1. The number of anilines is 1. The first-order valence-electron chi connectivity index (χ1n) is 11.9. The van der Waals surface area contributed by atoms with Crippen LogP contribution in [0.4, 0.5) is 17.1 Å². The topological polar surface area (TPSA) is 101 Å². The van der Waals surface area contributed by atoms with E-state index >= 15 is 0 Å². The number of azo groups is 1. The molecule has 2 heterocycles. The third-order valence-electron chi connectivity index (χ3n) is 6.30. The van der Waals surface area contributed by atoms with Crippen molar-refractivity contribution in [1.82, 2.24) is 19.1 Å². The van der Waals surface area contributed by atoms with Crippen LogP contribution in [-0.4, -0.2) is 19.1 Å². The van der Waals surface area contributed by atoms with E-state index in [0.717, 1.165) is 16.9 Å². The summed E-state index contributed by atoms with van der Waals surface area (Å²) in [5, 5.41) is 14.9. The zero-order valence-corrected chi connectivity index (χ0v) is 20.8. The summed E-state index contributed by atoms with van der Waals surface area (Å²) >= 11 is 0. The number of aromatic amines is 1. The van der Waals surface area contributed by atoms with Crippen LogP contribution in [0.5, 0.6) is 0 Å². The average Bonchev–Trinajstić information content (AvgIpc) is 3.32. The molecule has 5 aromatic rings. The predicted molar refractivity (Wildman–Crippen MR) is 144 cm³/mol. The molecule has 9 nitrogen and oxygen atoms in total. The molecule has 2 N–H and O–H groups in total. The first kappa shape index (κ1) is 23.8. The van der Waals surface area contributed by atoms with Gasteiger partial charge >= 0.3 is 0 Å². The Bertz CT molecular complexity index is 1660. The van der Waals surface area contributed by atoms with Gasteiger partial charge in [0.2, 0.25) is 0 Å². The van der Waals surface area contributed by atoms with E-state index in [2.05, 4.69) is 20.6 Å². The number of para-hydroxylation sites is 1. The lowest BCUT2D eigenvalue weighted by Gasteiger charge is -2.20. The van der Waals surface area contributed by atoms with Crippen molar-refractivity contribution in [1.29, 1.82) is 0 Å². The van der Waals surface area contributed by atoms with E-state index in [1.165, 1.54) is 4.68 Å². The summed E-state index contributed by atoms with van der Waals surface area (Å²) in [5.74, 6) is 0. The van der Waals surface area contributed by atoms with Gasteiger partial charge in [-0.1, -0.05) is 66.7 Å². The van der Waals surface area contributed by atoms with Crippen LogP contribution in [0.2, 0.25) is 0 Å². The van der Waals surface area contributed by atoms with Gasteiger partial charge in [-0.2, -0.15) is 5.11 Å². The Hall–Kier alpha value is -4.92. The second kappa shape index (κ2) is 9.98. The molecule has 0 fully saturated rings. The zero-order valence-electron chi connectivity index (χ0n) is 20.8. The van der Waals surface area contributed by atoms with Crippen molar-refractivity contribution in [3.63, 3.8) is 0 Å². The zero-order chi connectivity index (χ0) is 25.9. The Kier molecular flexibility index (Phi) is 6.42. The highest BCUT2D eigenvalue weighted by molar-refractivity contribution is 5.51. The van der Waals surface area contributed by atoms with Gasteiger partial charge in [0.15, 0.2) is 5.69 Å². The van der Waals surface area contributed by atoms with E-state index < -0.39 is 6.17 Å². The Morgan fingerprint density at radius 3 is 2.03 bits per heavy atom. The Balaban J connectivity index is 1.60. The molecule has 1 atom stereocenters. The van der Waals surface area contributed by atoms with Gasteiger partial charge in [0.1, 0.15) is 11.9 Å². The molecular weight excluding hydrogens is 466 g/mol. The van der Waals surface area contributed by atoms with Crippen LogP contribution in [0.25, 0.3) is 5.69 Å². The van der Waals surface area contributed by atoms with Gasteiger partial charge in [-0.25, -0.2) is 9.36 Å². The van der Waals surface area contributed by atoms with E-state index in [9.17, 15) is 9.59 Å². The number of benzene rings is 3. The highest BCUT2D eigenvalue weighted by atomic mass is 16.1. The van der Waals surface area contributed by atoms with E-state index in [0.29, 0.717) is 17.1 Å². The van der Waals surface area contributed by atoms with Crippen LogP contribution < -0.4 is 16.4 Å². The minimum absolute atomic E-state index is 0.207. The summed E-state index contributed by atoms with van der Waals surface area (Å²) in [6.07, 6.45) is -0.689. The van der Waals surface area contributed by atoms with Crippen molar-refractivity contribution in [3.8, 4) is 5.69 Å². The number of hydrogen-bond donors (Lipinski definition) is 2. The summed E-state index contributed by atoms with van der Waals surface area (Å²) in [5.41, 5.74) is 3.53. The number of aromatic nitrogens is 4. The fourth-order valence-electron chi connectivity index (χ4n) is 4.26. The minimum atomic E-state index is -0.689. The van der Waals surface area contributed by atoms with Crippen molar-refractivity contribution >= 4 is 17.1 Å². The van der Waals surface area contributed by atoms with E-state index in [-0.39, 0.29) is 16.8 Å². The molecule has 0 spiro atoms. The minimum Gasteiger partial charge on any atom is -0.354 e. The first-order chi connectivity index (χ1) is 18.0. The van der Waals surface area contributed by atoms with Crippen molar-refractivity contribution in [2.75, 3.05) is 5.32 Å². The Labute approximate surface area is 213 Å². The lowest BCUT2D eigenvalue weighted by Crippen LogP contribution is -2.31. The second-order valence-corrected chi connectivity index (χ2v) is 8.69. The van der Waals surface area contributed by atoms with Crippen molar-refractivity contribution in [2.24, 2.45) is 17.3 Å². The van der Waals surface area contributed by atoms with Crippen LogP contribution in [0.15, 0.2) is 111 Å². The molecule has 0 aliphatic heterocycles. The Morgan fingerprint density at radius 1 is 0.784 bits per heavy atom. The molecule has 0 bridgehead atoms. The number of rotatable bonds is 7. The van der Waals surface area contributed by atoms with Crippen LogP contribution in [0, 0.1) is 13.8 Å². The van der Waals surface area contributed by atoms with E-state index in [1.54, 1.807) is 16.3 Å². The molecule has 0 saturated carbocycles. The monoisotopic (exact) mass is 493 g/mol. The molecule has 0 aliphatic carbocycles. The molecule has 1 unspecified atom stereocenters. The number of nitrogens with one attached hydrogen (secondary N) is 2. The van der Waals surface area contributed by atoms with E-state index in [1.807, 2.05) is 105 Å². The SMILES string of the molecule is Cc1[nH]n(C(Nc2c(C)n(C)n(-c3ccccc3)c2=O)c2ccccc2)c(=O)c1N=Nc1ccccc1. The van der Waals surface area contributed by atoms with Gasteiger partial charge in [-0.05, 0) is 43.7 Å². The third-order valence-corrected chi connectivity index (χ3v) is 6.30. The summed E-state index contributed by atoms with van der Waals surface area (Å²) in [6, 6.07) is 28.1. The third kappa shape index (κ3) is 4.54. The number of H-pyrrole nitrogens is 1. The summed E-state index contributed by atoms with van der Waals surface area (Å²) < 4.78 is 4.84. The molecular formula is C28H27N7O2. The second-order valence-electron chi connectivity index (χ2n) is 8.69. The maximum Gasteiger partial charge on any atom is 0.296 e. The smallest absolute Gasteiger partial charge is 0.296 e. The molecule has 0 amide bonds. The van der Waals surface area contributed by atoms with Gasteiger partial charge in [0, 0.05) is 7.05 Å². The lowest BCUT2D eigenvalue weighted by molar-refractivity contribution is 0.555. The quantitative estimate of drug-likeness (QED) is 0.299. The normalized spacial score (nSPS) is 12.2. The summed E-state index contributed by atoms with van der Waals surface area (Å²) in [6.45, 7) is 3.64. The molecule has 0 radical (unpaired) electrons. The fourth-order valence-corrected chi connectivity index (χ4v) is 4.26. The largest absolute Gasteiger partial charge is 0.354 e. The average molecular weight is 494 g/mol. The maximum atomic E-state index is 13.6. The van der Waals surface area contributed by atoms with Crippen LogP contribution in [-0.2, 0) is 7.05 Å². The van der Waals surface area contributed by atoms with Crippen LogP contribution >= 0.6 is 0 Å². The molecule has 0 aliphatic rings. The Morgan fingerprint density at radius 2 is 1.38 bits per heavy atom. The first-order valence-corrected chi connectivity index (χ1v) is 11.9.